The number of nitrogens with zero attached hydrogens (tertiary/aromatic N) is 6. The van der Waals surface area contributed by atoms with E-state index in [1.165, 1.54) is 0 Å². The molecule has 44 heavy (non-hydrogen) atoms. The highest BCUT2D eigenvalue weighted by Gasteiger charge is 2.38. The van der Waals surface area contributed by atoms with Crippen molar-refractivity contribution < 1.29 is 9.59 Å². The van der Waals surface area contributed by atoms with Crippen LogP contribution in [-0.2, 0) is 0 Å². The quantitative estimate of drug-likeness (QED) is 0.161. The summed E-state index contributed by atoms with van der Waals surface area (Å²) in [5.74, 6) is -0.535. The lowest BCUT2D eigenvalue weighted by molar-refractivity contribution is 0.0971. The van der Waals surface area contributed by atoms with Gasteiger partial charge in [-0.3, -0.25) is 18.7 Å². The van der Waals surface area contributed by atoms with Gasteiger partial charge in [-0.25, -0.2) is 0 Å². The van der Waals surface area contributed by atoms with E-state index in [1.54, 1.807) is 57.7 Å². The third kappa shape index (κ3) is 4.59. The third-order valence-electron chi connectivity index (χ3n) is 7.93. The molecule has 0 N–H and O–H groups in total. The van der Waals surface area contributed by atoms with Crippen LogP contribution in [0.15, 0.2) is 88.2 Å². The first-order valence-electron chi connectivity index (χ1n) is 14.3. The Morgan fingerprint density at radius 1 is 0.636 bits per heavy atom. The maximum absolute atomic E-state index is 14.4. The monoisotopic (exact) mass is 578 g/mol. The van der Waals surface area contributed by atoms with E-state index in [9.17, 15) is 9.59 Å². The summed E-state index contributed by atoms with van der Waals surface area (Å²) >= 11 is 0. The number of carbonyl (C=O) groups excluding carboxylic acids is 2. The van der Waals surface area contributed by atoms with Crippen molar-refractivity contribution >= 4 is 17.3 Å². The van der Waals surface area contributed by atoms with E-state index in [0.29, 0.717) is 22.4 Å². The molecular weight excluding hydrogens is 548 g/mol. The first kappa shape index (κ1) is 28.4. The highest BCUT2D eigenvalue weighted by molar-refractivity contribution is 6.27. The van der Waals surface area contributed by atoms with Crippen molar-refractivity contribution in [1.82, 2.24) is 9.13 Å². The number of fused-ring (bicyclic) bond motifs is 2. The van der Waals surface area contributed by atoms with Crippen molar-refractivity contribution in [3.63, 3.8) is 0 Å². The predicted molar refractivity (Wildman–Crippen MR) is 168 cm³/mol. The molecule has 1 aromatic heterocycles. The number of nitriles is 1. The summed E-state index contributed by atoms with van der Waals surface area (Å²) in [7, 11) is 0. The van der Waals surface area contributed by atoms with Crippen LogP contribution in [0.2, 0.25) is 0 Å². The van der Waals surface area contributed by atoms with E-state index in [4.69, 9.17) is 5.26 Å². The zero-order chi connectivity index (χ0) is 31.3. The van der Waals surface area contributed by atoms with Crippen molar-refractivity contribution in [2.75, 3.05) is 0 Å². The topological polar surface area (TPSA) is 105 Å². The predicted octanol–water partition coefficient (Wildman–Crippen LogP) is 7.37. The lowest BCUT2D eigenvalue weighted by Gasteiger charge is -2.19. The fraction of sp³-hybridized carbons (Fsp3) is 0.167. The van der Waals surface area contributed by atoms with Crippen LogP contribution >= 0.6 is 0 Å². The molecule has 0 atom stereocenters. The maximum atomic E-state index is 14.4. The molecule has 0 unspecified atom stereocenters. The number of aryl methyl sites for hydroxylation is 6. The molecule has 0 fully saturated rings. The van der Waals surface area contributed by atoms with Crippen LogP contribution in [0.3, 0.4) is 0 Å². The van der Waals surface area contributed by atoms with Gasteiger partial charge < -0.3 is 0 Å². The number of hydrogen-bond donors (Lipinski definition) is 0. The fourth-order valence-electron chi connectivity index (χ4n) is 6.34. The third-order valence-corrected chi connectivity index (χ3v) is 7.93. The van der Waals surface area contributed by atoms with E-state index in [0.717, 1.165) is 44.8 Å². The number of benzene rings is 4. The van der Waals surface area contributed by atoms with Gasteiger partial charge in [0.25, 0.3) is 0 Å². The van der Waals surface area contributed by atoms with Gasteiger partial charge in [-0.1, -0.05) is 64.8 Å². The molecule has 0 radical (unpaired) electrons. The summed E-state index contributed by atoms with van der Waals surface area (Å²) in [4.78, 5) is 28.8. The zero-order valence-electron chi connectivity index (χ0n) is 25.4. The number of rotatable bonds is 4. The molecule has 0 aliphatic heterocycles. The van der Waals surface area contributed by atoms with Gasteiger partial charge in [-0.05, 0) is 93.3 Å². The Hall–Kier alpha value is -5.68. The molecule has 0 amide bonds. The van der Waals surface area contributed by atoms with Crippen molar-refractivity contribution in [3.05, 3.63) is 140 Å². The summed E-state index contributed by atoms with van der Waals surface area (Å²) < 4.78 is 3.54. The van der Waals surface area contributed by atoms with Gasteiger partial charge in [-0.15, -0.1) is 5.11 Å². The Balaban J connectivity index is 1.78. The van der Waals surface area contributed by atoms with Crippen LogP contribution in [0.1, 0.15) is 71.0 Å². The molecule has 0 saturated heterocycles. The first-order valence-corrected chi connectivity index (χ1v) is 14.3. The number of imidazole rings is 1. The number of ketones is 2. The first-order chi connectivity index (χ1) is 21.1. The average molecular weight is 579 g/mol. The normalized spacial score (nSPS) is 12.3. The van der Waals surface area contributed by atoms with Crippen molar-refractivity contribution in [2.24, 2.45) is 15.4 Å². The van der Waals surface area contributed by atoms with Crippen LogP contribution in [-0.4, -0.2) is 20.7 Å². The standard InChI is InChI=1S/C36H30N6O2/c1-20-15-22(3)30(23(4)16-20)41-32-33(35(44)29-10-8-7-9-28(29)34(32)43)42(31-24(5)17-21(2)18-25(31)6)36(41)39-40-38-27-13-11-26(19-37)12-14-27/h7-18H,1-6H3. The Labute approximate surface area is 255 Å². The molecule has 8 heteroatoms. The molecule has 5 aromatic rings. The molecule has 0 bridgehead atoms. The summed E-state index contributed by atoms with van der Waals surface area (Å²) in [5.41, 5.74) is 9.79. The van der Waals surface area contributed by atoms with E-state index in [1.807, 2.05) is 65.8 Å². The van der Waals surface area contributed by atoms with Gasteiger partial charge in [0, 0.05) is 11.1 Å². The number of aromatic nitrogens is 2. The Morgan fingerprint density at radius 2 is 1.07 bits per heavy atom. The molecule has 8 nitrogen and oxygen atoms in total. The van der Waals surface area contributed by atoms with Crippen LogP contribution in [0.4, 0.5) is 5.69 Å². The van der Waals surface area contributed by atoms with Gasteiger partial charge in [0.15, 0.2) is 0 Å². The molecule has 1 heterocycles. The zero-order valence-corrected chi connectivity index (χ0v) is 25.4. The molecule has 4 aromatic carbocycles. The highest BCUT2D eigenvalue weighted by atomic mass is 16.1. The number of hydrogen-bond acceptors (Lipinski definition) is 5. The van der Waals surface area contributed by atoms with E-state index in [2.05, 4.69) is 21.5 Å². The second-order valence-corrected chi connectivity index (χ2v) is 11.3. The molecule has 1 aliphatic carbocycles. The second kappa shape index (κ2) is 10.9. The summed E-state index contributed by atoms with van der Waals surface area (Å²) in [6.07, 6.45) is 0. The highest BCUT2D eigenvalue weighted by Crippen LogP contribution is 2.33. The van der Waals surface area contributed by atoms with E-state index in [-0.39, 0.29) is 28.6 Å². The summed E-state index contributed by atoms with van der Waals surface area (Å²) in [6.45, 7) is 12.0. The minimum Gasteiger partial charge on any atom is -0.287 e. The number of carbonyl (C=O) groups is 2. The molecule has 216 valence electrons. The largest absolute Gasteiger partial charge is 0.287 e. The van der Waals surface area contributed by atoms with Crippen LogP contribution in [0.5, 0.6) is 0 Å². The fourth-order valence-corrected chi connectivity index (χ4v) is 6.34. The SMILES string of the molecule is Cc1cc(C)c(-n2c3c(n(-c4c(C)cc(C)cc4C)c2=NN=Nc2ccc(C#N)cc2)C(=O)c2ccccc2C3=O)c(C)c1. The minimum atomic E-state index is -0.267. The lowest BCUT2D eigenvalue weighted by Crippen LogP contribution is -2.27. The smallest absolute Gasteiger partial charge is 0.242 e. The molecule has 6 rings (SSSR count). The summed E-state index contributed by atoms with van der Waals surface area (Å²) in [5, 5.41) is 22.4. The molecule has 1 aliphatic rings. The van der Waals surface area contributed by atoms with Crippen LogP contribution in [0, 0.1) is 52.9 Å². The lowest BCUT2D eigenvalue weighted by atomic mass is 9.89. The molecule has 0 spiro atoms. The minimum absolute atomic E-state index is 0.232. The summed E-state index contributed by atoms with van der Waals surface area (Å²) in [6, 6.07) is 23.9. The van der Waals surface area contributed by atoms with E-state index >= 15 is 0 Å². The van der Waals surface area contributed by atoms with E-state index < -0.39 is 0 Å². The van der Waals surface area contributed by atoms with Crippen molar-refractivity contribution in [3.8, 4) is 17.4 Å². The van der Waals surface area contributed by atoms with Crippen LogP contribution < -0.4 is 5.62 Å². The van der Waals surface area contributed by atoms with Crippen molar-refractivity contribution in [2.45, 2.75) is 41.5 Å². The molecule has 0 saturated carbocycles. The average Bonchev–Trinajstić information content (AvgIpc) is 3.29. The van der Waals surface area contributed by atoms with Gasteiger partial charge >= 0.3 is 0 Å². The van der Waals surface area contributed by atoms with Gasteiger partial charge in [-0.2, -0.15) is 5.26 Å². The Morgan fingerprint density at radius 3 is 1.48 bits per heavy atom. The Bertz CT molecular complexity index is 2010. The maximum Gasteiger partial charge on any atom is 0.242 e. The Kier molecular flexibility index (Phi) is 7.02. The van der Waals surface area contributed by atoms with Gasteiger partial charge in [0.05, 0.1) is 28.7 Å². The second-order valence-electron chi connectivity index (χ2n) is 11.3. The van der Waals surface area contributed by atoms with Gasteiger partial charge in [0.2, 0.25) is 17.2 Å². The van der Waals surface area contributed by atoms with Crippen molar-refractivity contribution in [1.29, 1.82) is 5.26 Å². The van der Waals surface area contributed by atoms with Crippen LogP contribution in [0.25, 0.3) is 11.4 Å². The molecular formula is C36H30N6O2. The van der Waals surface area contributed by atoms with Gasteiger partial charge in [0.1, 0.15) is 11.4 Å².